The molecule has 0 N–H and O–H groups in total. The van der Waals surface area contributed by atoms with Crippen molar-refractivity contribution >= 4 is 17.7 Å². The van der Waals surface area contributed by atoms with Gasteiger partial charge < -0.3 is 0 Å². The van der Waals surface area contributed by atoms with Crippen molar-refractivity contribution in [3.05, 3.63) is 40.2 Å². The standard InChI is InChI=1S/C10H4ClFN2/c11-9-3-1-2-8(10(9)12)4-7(5-13)6-14/h1-4H. The highest BCUT2D eigenvalue weighted by Gasteiger charge is 2.04. The highest BCUT2D eigenvalue weighted by atomic mass is 35.5. The van der Waals surface area contributed by atoms with Crippen LogP contribution in [0.4, 0.5) is 4.39 Å². The summed E-state index contributed by atoms with van der Waals surface area (Å²) in [6.45, 7) is 0. The Morgan fingerprint density at radius 1 is 1.36 bits per heavy atom. The van der Waals surface area contributed by atoms with E-state index in [1.807, 2.05) is 0 Å². The predicted octanol–water partition coefficient (Wildman–Crippen LogP) is 2.91. The summed E-state index contributed by atoms with van der Waals surface area (Å²) in [7, 11) is 0. The normalized spacial score (nSPS) is 8.57. The molecular weight excluding hydrogens is 203 g/mol. The molecule has 0 fully saturated rings. The molecule has 0 saturated carbocycles. The quantitative estimate of drug-likeness (QED) is 0.664. The van der Waals surface area contributed by atoms with E-state index in [1.54, 1.807) is 18.2 Å². The Bertz CT molecular complexity index is 450. The number of halogens is 2. The SMILES string of the molecule is N#CC(C#N)=Cc1cccc(Cl)c1F. The second kappa shape index (κ2) is 4.41. The fraction of sp³-hybridized carbons (Fsp3) is 0. The summed E-state index contributed by atoms with van der Waals surface area (Å²) in [5.74, 6) is -0.628. The van der Waals surface area contributed by atoms with Gasteiger partial charge in [0.1, 0.15) is 23.5 Å². The summed E-state index contributed by atoms with van der Waals surface area (Å²) in [4.78, 5) is 0. The maximum absolute atomic E-state index is 13.2. The Morgan fingerprint density at radius 3 is 2.57 bits per heavy atom. The van der Waals surface area contributed by atoms with Gasteiger partial charge >= 0.3 is 0 Å². The first-order valence-corrected chi connectivity index (χ1v) is 4.02. The molecule has 1 aromatic carbocycles. The molecule has 0 spiro atoms. The average Bonchev–Trinajstić information content (AvgIpc) is 2.20. The number of allylic oxidation sites excluding steroid dienone is 1. The molecule has 0 bridgehead atoms. The molecule has 1 rings (SSSR count). The number of rotatable bonds is 1. The van der Waals surface area contributed by atoms with Crippen molar-refractivity contribution < 1.29 is 4.39 Å². The van der Waals surface area contributed by atoms with Gasteiger partial charge in [-0.1, -0.05) is 23.7 Å². The lowest BCUT2D eigenvalue weighted by Gasteiger charge is -1.97. The first kappa shape index (κ1) is 10.2. The van der Waals surface area contributed by atoms with Gasteiger partial charge in [0.25, 0.3) is 0 Å². The zero-order valence-electron chi connectivity index (χ0n) is 6.96. The van der Waals surface area contributed by atoms with Gasteiger partial charge in [0, 0.05) is 5.56 Å². The van der Waals surface area contributed by atoms with Gasteiger partial charge in [-0.15, -0.1) is 0 Å². The second-order valence-electron chi connectivity index (χ2n) is 2.42. The van der Waals surface area contributed by atoms with Crippen LogP contribution in [0.5, 0.6) is 0 Å². The van der Waals surface area contributed by atoms with Crippen molar-refractivity contribution in [2.45, 2.75) is 0 Å². The summed E-state index contributed by atoms with van der Waals surface area (Å²) in [5.41, 5.74) is -0.0261. The summed E-state index contributed by atoms with van der Waals surface area (Å²) < 4.78 is 13.2. The van der Waals surface area contributed by atoms with Crippen LogP contribution in [0.15, 0.2) is 23.8 Å². The Kier molecular flexibility index (Phi) is 3.23. The lowest BCUT2D eigenvalue weighted by atomic mass is 10.1. The first-order chi connectivity index (χ1) is 6.69. The molecule has 14 heavy (non-hydrogen) atoms. The van der Waals surface area contributed by atoms with Crippen molar-refractivity contribution in [2.75, 3.05) is 0 Å². The van der Waals surface area contributed by atoms with Crippen LogP contribution in [0.3, 0.4) is 0 Å². The zero-order chi connectivity index (χ0) is 10.6. The Morgan fingerprint density at radius 2 is 2.00 bits per heavy atom. The Balaban J connectivity index is 3.24. The van der Waals surface area contributed by atoms with E-state index in [0.29, 0.717) is 0 Å². The van der Waals surface area contributed by atoms with E-state index in [9.17, 15) is 4.39 Å². The van der Waals surface area contributed by atoms with Gasteiger partial charge in [-0.25, -0.2) is 4.39 Å². The van der Waals surface area contributed by atoms with Gasteiger partial charge in [-0.3, -0.25) is 0 Å². The molecule has 0 aliphatic heterocycles. The van der Waals surface area contributed by atoms with Gasteiger partial charge in [-0.05, 0) is 12.1 Å². The predicted molar refractivity (Wildman–Crippen MR) is 50.6 cm³/mol. The molecule has 0 unspecified atom stereocenters. The maximum Gasteiger partial charge on any atom is 0.149 e. The largest absolute Gasteiger partial charge is 0.205 e. The van der Waals surface area contributed by atoms with Crippen LogP contribution in [0.25, 0.3) is 6.08 Å². The second-order valence-corrected chi connectivity index (χ2v) is 2.83. The molecule has 0 aromatic heterocycles. The summed E-state index contributed by atoms with van der Waals surface area (Å²) in [6, 6.07) is 7.66. The average molecular weight is 207 g/mol. The van der Waals surface area contributed by atoms with E-state index in [4.69, 9.17) is 22.1 Å². The van der Waals surface area contributed by atoms with Crippen molar-refractivity contribution in [3.8, 4) is 12.1 Å². The van der Waals surface area contributed by atoms with E-state index in [0.717, 1.165) is 6.08 Å². The van der Waals surface area contributed by atoms with Crippen LogP contribution < -0.4 is 0 Å². The molecule has 0 radical (unpaired) electrons. The molecule has 0 amide bonds. The summed E-state index contributed by atoms with van der Waals surface area (Å²) in [5, 5.41) is 16.9. The molecule has 1 aromatic rings. The number of hydrogen-bond donors (Lipinski definition) is 0. The third-order valence-electron chi connectivity index (χ3n) is 1.52. The molecule has 0 aliphatic rings. The minimum absolute atomic E-state index is 0.0334. The van der Waals surface area contributed by atoms with Crippen LogP contribution in [-0.2, 0) is 0 Å². The van der Waals surface area contributed by atoms with Crippen LogP contribution in [0.2, 0.25) is 5.02 Å². The van der Waals surface area contributed by atoms with Crippen LogP contribution in [0.1, 0.15) is 5.56 Å². The number of nitrogens with zero attached hydrogens (tertiary/aromatic N) is 2. The lowest BCUT2D eigenvalue weighted by Crippen LogP contribution is -1.84. The molecule has 68 valence electrons. The van der Waals surface area contributed by atoms with Crippen molar-refractivity contribution in [1.82, 2.24) is 0 Å². The van der Waals surface area contributed by atoms with Gasteiger partial charge in [0.05, 0.1) is 5.02 Å². The Hall–Kier alpha value is -1.84. The van der Waals surface area contributed by atoms with Gasteiger partial charge in [0.2, 0.25) is 0 Å². The van der Waals surface area contributed by atoms with Crippen LogP contribution in [-0.4, -0.2) is 0 Å². The van der Waals surface area contributed by atoms with Crippen molar-refractivity contribution in [1.29, 1.82) is 10.5 Å². The van der Waals surface area contributed by atoms with Crippen LogP contribution >= 0.6 is 11.6 Å². The van der Waals surface area contributed by atoms with Gasteiger partial charge in [-0.2, -0.15) is 10.5 Å². The van der Waals surface area contributed by atoms with E-state index in [2.05, 4.69) is 0 Å². The fourth-order valence-electron chi connectivity index (χ4n) is 0.877. The summed E-state index contributed by atoms with van der Waals surface area (Å²) >= 11 is 5.51. The highest BCUT2D eigenvalue weighted by molar-refractivity contribution is 6.30. The smallest absolute Gasteiger partial charge is 0.149 e. The van der Waals surface area contributed by atoms with Crippen LogP contribution in [0, 0.1) is 28.5 Å². The minimum Gasteiger partial charge on any atom is -0.205 e. The molecule has 2 nitrogen and oxygen atoms in total. The lowest BCUT2D eigenvalue weighted by molar-refractivity contribution is 0.625. The summed E-state index contributed by atoms with van der Waals surface area (Å²) in [6.07, 6.45) is 1.15. The molecule has 0 aliphatic carbocycles. The molecule has 0 atom stereocenters. The Labute approximate surface area is 85.5 Å². The molecule has 0 saturated heterocycles. The van der Waals surface area contributed by atoms with Gasteiger partial charge in [0.15, 0.2) is 0 Å². The minimum atomic E-state index is -0.628. The van der Waals surface area contributed by atoms with E-state index >= 15 is 0 Å². The van der Waals surface area contributed by atoms with Crippen molar-refractivity contribution in [2.24, 2.45) is 0 Å². The monoisotopic (exact) mass is 206 g/mol. The topological polar surface area (TPSA) is 47.6 Å². The molecule has 0 heterocycles. The number of nitriles is 2. The van der Waals surface area contributed by atoms with Crippen molar-refractivity contribution in [3.63, 3.8) is 0 Å². The molecular formula is C10H4ClFN2. The van der Waals surface area contributed by atoms with E-state index < -0.39 is 5.82 Å². The molecule has 4 heteroatoms. The number of hydrogen-bond acceptors (Lipinski definition) is 2. The first-order valence-electron chi connectivity index (χ1n) is 3.65. The highest BCUT2D eigenvalue weighted by Crippen LogP contribution is 2.19. The van der Waals surface area contributed by atoms with E-state index in [-0.39, 0.29) is 16.2 Å². The fourth-order valence-corrected chi connectivity index (χ4v) is 1.06. The maximum atomic E-state index is 13.2. The van der Waals surface area contributed by atoms with E-state index in [1.165, 1.54) is 12.1 Å². The third-order valence-corrected chi connectivity index (χ3v) is 1.81. The number of benzene rings is 1. The zero-order valence-corrected chi connectivity index (χ0v) is 7.72. The third kappa shape index (κ3) is 2.10.